The van der Waals surface area contributed by atoms with Crippen molar-refractivity contribution >= 4 is 11.9 Å². The largest absolute Gasteiger partial charge is 0.417 e. The van der Waals surface area contributed by atoms with Gasteiger partial charge in [-0.3, -0.25) is 4.98 Å². The standard InChI is InChI=1S/C33H30F3N3S/c1-23-5-9-30(10-6-23)40-39-17-13-26(14-18-39)31(28-7-8-29(22-37)32(21-28)33(34,35)36)20-24-3-2-4-27(19-24)25-11-15-38-16-12-25/h2-12,15-16,19,21,26,31H,13-14,17-18,20H2,1H3. The summed E-state index contributed by atoms with van der Waals surface area (Å²) in [6, 6.07) is 26.6. The van der Waals surface area contributed by atoms with Crippen LogP contribution in [-0.2, 0) is 12.6 Å². The summed E-state index contributed by atoms with van der Waals surface area (Å²) in [5.74, 6) is 0.113. The SMILES string of the molecule is Cc1ccc(SN2CCC(C(Cc3cccc(-c4ccncc4)c3)c3ccc(C#N)c(C(F)(F)F)c3)CC2)cc1. The molecule has 1 fully saturated rings. The highest BCUT2D eigenvalue weighted by Crippen LogP contribution is 2.41. The lowest BCUT2D eigenvalue weighted by molar-refractivity contribution is -0.137. The molecule has 204 valence electrons. The Kier molecular flexibility index (Phi) is 8.58. The maximum Gasteiger partial charge on any atom is 0.417 e. The molecule has 1 aliphatic rings. The summed E-state index contributed by atoms with van der Waals surface area (Å²) in [7, 11) is 0. The molecule has 0 radical (unpaired) electrons. The molecule has 5 rings (SSSR count). The van der Waals surface area contributed by atoms with Crippen molar-refractivity contribution in [1.29, 1.82) is 5.26 Å². The summed E-state index contributed by atoms with van der Waals surface area (Å²) >= 11 is 1.74. The van der Waals surface area contributed by atoms with Gasteiger partial charge >= 0.3 is 6.18 Å². The lowest BCUT2D eigenvalue weighted by Gasteiger charge is -2.36. The van der Waals surface area contributed by atoms with Crippen LogP contribution in [0.5, 0.6) is 0 Å². The molecule has 40 heavy (non-hydrogen) atoms. The number of halogens is 3. The van der Waals surface area contributed by atoms with Crippen LogP contribution in [0.1, 0.15) is 46.6 Å². The first kappa shape index (κ1) is 27.9. The van der Waals surface area contributed by atoms with Gasteiger partial charge < -0.3 is 0 Å². The quantitative estimate of drug-likeness (QED) is 0.213. The number of pyridine rings is 1. The van der Waals surface area contributed by atoms with Crippen LogP contribution in [0.15, 0.2) is 96.2 Å². The van der Waals surface area contributed by atoms with E-state index in [-0.39, 0.29) is 17.4 Å². The maximum atomic E-state index is 13.9. The Hall–Kier alpha value is -3.60. The number of rotatable bonds is 7. The van der Waals surface area contributed by atoms with E-state index in [0.717, 1.165) is 42.6 Å². The average molecular weight is 558 g/mol. The number of aromatic nitrogens is 1. The number of hydrogen-bond donors (Lipinski definition) is 0. The molecule has 0 bridgehead atoms. The van der Waals surface area contributed by atoms with E-state index < -0.39 is 11.7 Å². The zero-order valence-electron chi connectivity index (χ0n) is 22.2. The zero-order chi connectivity index (χ0) is 28.1. The fourth-order valence-electron chi connectivity index (χ4n) is 5.47. The maximum absolute atomic E-state index is 13.9. The fraction of sp³-hybridized carbons (Fsp3) is 0.273. The Morgan fingerprint density at radius 2 is 1.68 bits per heavy atom. The van der Waals surface area contributed by atoms with E-state index in [1.165, 1.54) is 22.6 Å². The number of alkyl halides is 3. The molecule has 1 unspecified atom stereocenters. The first-order chi connectivity index (χ1) is 19.3. The molecule has 0 aliphatic carbocycles. The van der Waals surface area contributed by atoms with Gasteiger partial charge in [0, 0.05) is 30.4 Å². The molecular formula is C33H30F3N3S. The minimum atomic E-state index is -4.58. The molecule has 1 atom stereocenters. The van der Waals surface area contributed by atoms with E-state index in [2.05, 4.69) is 46.5 Å². The first-order valence-corrected chi connectivity index (χ1v) is 14.2. The lowest BCUT2D eigenvalue weighted by atomic mass is 9.76. The van der Waals surface area contributed by atoms with Gasteiger partial charge in [-0.05, 0) is 109 Å². The first-order valence-electron chi connectivity index (χ1n) is 13.4. The topological polar surface area (TPSA) is 39.9 Å². The van der Waals surface area contributed by atoms with Crippen LogP contribution in [0.2, 0.25) is 0 Å². The number of benzene rings is 3. The normalized spacial score (nSPS) is 15.5. The minimum absolute atomic E-state index is 0.104. The van der Waals surface area contributed by atoms with Gasteiger partial charge in [-0.2, -0.15) is 18.4 Å². The summed E-state index contributed by atoms with van der Waals surface area (Å²) in [5, 5.41) is 9.34. The fourth-order valence-corrected chi connectivity index (χ4v) is 6.42. The number of nitriles is 1. The number of nitrogens with zero attached hydrogens (tertiary/aromatic N) is 3. The zero-order valence-corrected chi connectivity index (χ0v) is 23.1. The van der Waals surface area contributed by atoms with Gasteiger partial charge in [0.25, 0.3) is 0 Å². The Bertz CT molecular complexity index is 1470. The molecule has 2 heterocycles. The van der Waals surface area contributed by atoms with Gasteiger partial charge in [0.2, 0.25) is 0 Å². The van der Waals surface area contributed by atoms with Gasteiger partial charge in [0.05, 0.1) is 17.2 Å². The smallest absolute Gasteiger partial charge is 0.265 e. The van der Waals surface area contributed by atoms with Gasteiger partial charge in [-0.1, -0.05) is 48.0 Å². The number of hydrogen-bond acceptors (Lipinski definition) is 4. The second kappa shape index (κ2) is 12.3. The van der Waals surface area contributed by atoms with E-state index in [4.69, 9.17) is 0 Å². The van der Waals surface area contributed by atoms with Crippen LogP contribution in [-0.4, -0.2) is 22.4 Å². The summed E-state index contributed by atoms with van der Waals surface area (Å²) in [4.78, 5) is 5.29. The highest BCUT2D eigenvalue weighted by atomic mass is 32.2. The molecule has 7 heteroatoms. The van der Waals surface area contributed by atoms with Crippen molar-refractivity contribution in [2.45, 2.75) is 43.2 Å². The van der Waals surface area contributed by atoms with E-state index in [9.17, 15) is 18.4 Å². The van der Waals surface area contributed by atoms with Gasteiger partial charge in [-0.15, -0.1) is 0 Å². The Balaban J connectivity index is 1.42. The van der Waals surface area contributed by atoms with E-state index in [0.29, 0.717) is 12.0 Å². The molecule has 4 aromatic rings. The van der Waals surface area contributed by atoms with Crippen LogP contribution in [0, 0.1) is 24.2 Å². The molecule has 3 aromatic carbocycles. The Labute approximate surface area is 237 Å². The van der Waals surface area contributed by atoms with Crippen molar-refractivity contribution in [1.82, 2.24) is 9.29 Å². The van der Waals surface area contributed by atoms with Crippen LogP contribution < -0.4 is 0 Å². The Morgan fingerprint density at radius 3 is 2.35 bits per heavy atom. The monoisotopic (exact) mass is 557 g/mol. The molecular weight excluding hydrogens is 527 g/mol. The summed E-state index contributed by atoms with van der Waals surface area (Å²) in [6.45, 7) is 3.79. The number of piperidine rings is 1. The van der Waals surface area contributed by atoms with E-state index in [1.807, 2.05) is 30.3 Å². The Morgan fingerprint density at radius 1 is 0.950 bits per heavy atom. The van der Waals surface area contributed by atoms with Crippen LogP contribution >= 0.6 is 11.9 Å². The molecule has 0 saturated carbocycles. The van der Waals surface area contributed by atoms with E-state index in [1.54, 1.807) is 36.5 Å². The third kappa shape index (κ3) is 6.75. The van der Waals surface area contributed by atoms with Crippen molar-refractivity contribution in [3.63, 3.8) is 0 Å². The predicted octanol–water partition coefficient (Wildman–Crippen LogP) is 8.69. The summed E-state index contributed by atoms with van der Waals surface area (Å²) in [6.07, 6.45) is 1.31. The molecule has 1 aliphatic heterocycles. The second-order valence-corrected chi connectivity index (χ2v) is 11.5. The van der Waals surface area contributed by atoms with Crippen molar-refractivity contribution in [3.05, 3.63) is 119 Å². The van der Waals surface area contributed by atoms with Crippen molar-refractivity contribution in [2.75, 3.05) is 13.1 Å². The molecule has 0 spiro atoms. The molecule has 0 amide bonds. The van der Waals surface area contributed by atoms with Gasteiger partial charge in [0.15, 0.2) is 0 Å². The summed E-state index contributed by atoms with van der Waals surface area (Å²) in [5.41, 5.74) is 3.86. The molecule has 3 nitrogen and oxygen atoms in total. The second-order valence-electron chi connectivity index (χ2n) is 10.3. The van der Waals surface area contributed by atoms with Crippen LogP contribution in [0.4, 0.5) is 13.2 Å². The molecule has 1 saturated heterocycles. The highest BCUT2D eigenvalue weighted by Gasteiger charge is 2.36. The van der Waals surface area contributed by atoms with Crippen LogP contribution in [0.25, 0.3) is 11.1 Å². The van der Waals surface area contributed by atoms with Gasteiger partial charge in [0.1, 0.15) is 0 Å². The van der Waals surface area contributed by atoms with Crippen LogP contribution in [0.3, 0.4) is 0 Å². The number of aryl methyl sites for hydroxylation is 1. The van der Waals surface area contributed by atoms with Crippen molar-refractivity contribution < 1.29 is 13.2 Å². The third-order valence-electron chi connectivity index (χ3n) is 7.62. The average Bonchev–Trinajstić information content (AvgIpc) is 2.97. The minimum Gasteiger partial charge on any atom is -0.265 e. The highest BCUT2D eigenvalue weighted by molar-refractivity contribution is 7.97. The van der Waals surface area contributed by atoms with Crippen molar-refractivity contribution in [2.24, 2.45) is 5.92 Å². The van der Waals surface area contributed by atoms with Gasteiger partial charge in [-0.25, -0.2) is 4.31 Å². The van der Waals surface area contributed by atoms with Crippen molar-refractivity contribution in [3.8, 4) is 17.2 Å². The molecule has 1 aromatic heterocycles. The third-order valence-corrected chi connectivity index (χ3v) is 8.72. The molecule has 0 N–H and O–H groups in total. The summed E-state index contributed by atoms with van der Waals surface area (Å²) < 4.78 is 44.1. The van der Waals surface area contributed by atoms with E-state index >= 15 is 0 Å². The predicted molar refractivity (Wildman–Crippen MR) is 154 cm³/mol. The lowest BCUT2D eigenvalue weighted by Crippen LogP contribution is -2.32.